The van der Waals surface area contributed by atoms with Gasteiger partial charge < -0.3 is 4.57 Å². The van der Waals surface area contributed by atoms with Crippen LogP contribution in [-0.4, -0.2) is 42.2 Å². The van der Waals surface area contributed by atoms with Gasteiger partial charge >= 0.3 is 0 Å². The van der Waals surface area contributed by atoms with Crippen molar-refractivity contribution in [3.05, 3.63) is 40.1 Å². The summed E-state index contributed by atoms with van der Waals surface area (Å²) in [6.45, 7) is 5.30. The van der Waals surface area contributed by atoms with Gasteiger partial charge in [0.25, 0.3) is 0 Å². The van der Waals surface area contributed by atoms with Gasteiger partial charge in [-0.15, -0.1) is 11.3 Å². The number of sulfonamides is 1. The van der Waals surface area contributed by atoms with E-state index in [2.05, 4.69) is 38.2 Å². The van der Waals surface area contributed by atoms with Gasteiger partial charge in [-0.1, -0.05) is 0 Å². The van der Waals surface area contributed by atoms with E-state index in [1.807, 2.05) is 23.9 Å². The minimum absolute atomic E-state index is 0.247. The first-order valence-electron chi connectivity index (χ1n) is 7.64. The summed E-state index contributed by atoms with van der Waals surface area (Å²) in [5, 5.41) is 0. The van der Waals surface area contributed by atoms with E-state index in [0.29, 0.717) is 6.54 Å². The number of nitrogens with zero attached hydrogens (tertiary/aromatic N) is 3. The number of imidazole rings is 1. The van der Waals surface area contributed by atoms with Crippen molar-refractivity contribution in [1.82, 2.24) is 19.2 Å². The molecule has 0 bridgehead atoms. The fourth-order valence-corrected chi connectivity index (χ4v) is 4.44. The number of nitrogens with one attached hydrogen (secondary N) is 1. The van der Waals surface area contributed by atoms with Crippen LogP contribution in [0.3, 0.4) is 0 Å². The number of aromatic nitrogens is 2. The van der Waals surface area contributed by atoms with E-state index in [0.717, 1.165) is 26.1 Å². The molecule has 1 atom stereocenters. The Morgan fingerprint density at radius 3 is 2.96 bits per heavy atom. The van der Waals surface area contributed by atoms with E-state index in [-0.39, 0.29) is 6.04 Å². The molecule has 6 nitrogen and oxygen atoms in total. The molecule has 1 aliphatic rings. The van der Waals surface area contributed by atoms with Gasteiger partial charge in [0.05, 0.1) is 18.3 Å². The molecular formula is C15H22N4O2S2. The zero-order valence-corrected chi connectivity index (χ0v) is 15.0. The average molecular weight is 355 g/mol. The van der Waals surface area contributed by atoms with Crippen LogP contribution < -0.4 is 4.72 Å². The van der Waals surface area contributed by atoms with Gasteiger partial charge in [0.15, 0.2) is 0 Å². The molecule has 0 aromatic carbocycles. The van der Waals surface area contributed by atoms with Crippen molar-refractivity contribution in [3.63, 3.8) is 0 Å². The highest BCUT2D eigenvalue weighted by atomic mass is 32.2. The molecule has 2 aromatic heterocycles. The van der Waals surface area contributed by atoms with Crippen molar-refractivity contribution in [1.29, 1.82) is 0 Å². The van der Waals surface area contributed by atoms with E-state index < -0.39 is 10.0 Å². The zero-order chi connectivity index (χ0) is 16.4. The fraction of sp³-hybridized carbons (Fsp3) is 0.533. The average Bonchev–Trinajstić information content (AvgIpc) is 3.06. The van der Waals surface area contributed by atoms with Crippen LogP contribution in [0.4, 0.5) is 0 Å². The minimum Gasteiger partial charge on any atom is -0.329 e. The Hall–Kier alpha value is -1.22. The zero-order valence-electron chi connectivity index (χ0n) is 13.4. The first-order chi connectivity index (χ1) is 10.9. The van der Waals surface area contributed by atoms with Crippen LogP contribution in [0.15, 0.2) is 24.7 Å². The summed E-state index contributed by atoms with van der Waals surface area (Å²) in [5.74, 6) is 0. The number of hydrogen-bond donors (Lipinski definition) is 1. The molecule has 0 aliphatic carbocycles. The molecule has 1 unspecified atom stereocenters. The Kier molecular flexibility index (Phi) is 4.86. The Bertz CT molecular complexity index is 766. The molecular weight excluding hydrogens is 332 g/mol. The van der Waals surface area contributed by atoms with Crippen molar-refractivity contribution in [2.45, 2.75) is 32.5 Å². The lowest BCUT2D eigenvalue weighted by atomic mass is 10.1. The summed E-state index contributed by atoms with van der Waals surface area (Å²) in [6, 6.07) is 4.59. The van der Waals surface area contributed by atoms with Gasteiger partial charge in [-0.3, -0.25) is 4.90 Å². The van der Waals surface area contributed by atoms with Crippen molar-refractivity contribution in [2.75, 3.05) is 19.3 Å². The van der Waals surface area contributed by atoms with Crippen molar-refractivity contribution < 1.29 is 8.42 Å². The Labute approximate surface area is 141 Å². The molecule has 2 aromatic rings. The topological polar surface area (TPSA) is 67.2 Å². The molecule has 0 radical (unpaired) electrons. The molecule has 0 fully saturated rings. The first kappa shape index (κ1) is 16.6. The number of rotatable bonds is 6. The highest BCUT2D eigenvalue weighted by Crippen LogP contribution is 2.26. The summed E-state index contributed by atoms with van der Waals surface area (Å²) in [6.07, 6.45) is 5.72. The fourth-order valence-electron chi connectivity index (χ4n) is 3.02. The molecule has 23 heavy (non-hydrogen) atoms. The lowest BCUT2D eigenvalue weighted by Gasteiger charge is -2.34. The molecule has 0 saturated carbocycles. The predicted octanol–water partition coefficient (Wildman–Crippen LogP) is 1.75. The van der Waals surface area contributed by atoms with Gasteiger partial charge in [0.2, 0.25) is 10.0 Å². The summed E-state index contributed by atoms with van der Waals surface area (Å²) in [4.78, 5) is 9.36. The van der Waals surface area contributed by atoms with Crippen LogP contribution in [0.5, 0.6) is 0 Å². The van der Waals surface area contributed by atoms with Crippen LogP contribution in [0, 0.1) is 6.92 Å². The predicted molar refractivity (Wildman–Crippen MR) is 91.9 cm³/mol. The van der Waals surface area contributed by atoms with Gasteiger partial charge in [-0.25, -0.2) is 18.1 Å². The summed E-state index contributed by atoms with van der Waals surface area (Å²) in [5.41, 5.74) is 1.19. The lowest BCUT2D eigenvalue weighted by molar-refractivity contribution is 0.173. The van der Waals surface area contributed by atoms with Gasteiger partial charge in [-0.05, 0) is 25.5 Å². The lowest BCUT2D eigenvalue weighted by Crippen LogP contribution is -2.38. The quantitative estimate of drug-likeness (QED) is 0.858. The van der Waals surface area contributed by atoms with Crippen LogP contribution in [-0.2, 0) is 23.1 Å². The third-order valence-corrected chi connectivity index (χ3v) is 5.73. The smallest absolute Gasteiger partial charge is 0.208 e. The van der Waals surface area contributed by atoms with Crippen LogP contribution in [0.1, 0.15) is 27.9 Å². The molecule has 8 heteroatoms. The minimum atomic E-state index is -3.14. The van der Waals surface area contributed by atoms with Crippen molar-refractivity contribution >= 4 is 21.4 Å². The van der Waals surface area contributed by atoms with E-state index in [4.69, 9.17) is 0 Å². The van der Waals surface area contributed by atoms with Gasteiger partial charge in [0.1, 0.15) is 0 Å². The second-order valence-electron chi connectivity index (χ2n) is 6.08. The molecule has 1 N–H and O–H groups in total. The van der Waals surface area contributed by atoms with Crippen molar-refractivity contribution in [3.8, 4) is 0 Å². The van der Waals surface area contributed by atoms with E-state index in [1.165, 1.54) is 21.7 Å². The van der Waals surface area contributed by atoms with Gasteiger partial charge in [-0.2, -0.15) is 0 Å². The second-order valence-corrected chi connectivity index (χ2v) is 9.29. The molecule has 1 aliphatic heterocycles. The van der Waals surface area contributed by atoms with E-state index in [1.54, 1.807) is 0 Å². The number of fused-ring (bicyclic) bond motifs is 1. The molecule has 3 heterocycles. The van der Waals surface area contributed by atoms with Crippen LogP contribution in [0.25, 0.3) is 0 Å². The van der Waals surface area contributed by atoms with Crippen molar-refractivity contribution in [2.24, 2.45) is 0 Å². The van der Waals surface area contributed by atoms with E-state index in [9.17, 15) is 8.42 Å². The number of thiophene rings is 1. The highest BCUT2D eigenvalue weighted by Gasteiger charge is 2.25. The molecule has 126 valence electrons. The summed E-state index contributed by atoms with van der Waals surface area (Å²) in [7, 11) is -3.14. The standard InChI is InChI=1S/C15H22N4O2S2/c1-12-3-4-15(22-12)10-18-8-13(5-6-17-23(2,20)21)19-11-16-7-14(19)9-18/h3-4,7,11,13,17H,5-6,8-10H2,1-2H3. The molecule has 0 saturated heterocycles. The number of aryl methyl sites for hydroxylation is 1. The highest BCUT2D eigenvalue weighted by molar-refractivity contribution is 7.88. The normalized spacial score (nSPS) is 19.0. The third-order valence-electron chi connectivity index (χ3n) is 4.01. The maximum atomic E-state index is 11.2. The first-order valence-corrected chi connectivity index (χ1v) is 10.3. The maximum absolute atomic E-state index is 11.2. The Morgan fingerprint density at radius 1 is 1.43 bits per heavy atom. The third kappa shape index (κ3) is 4.41. The molecule has 0 amide bonds. The number of hydrogen-bond acceptors (Lipinski definition) is 5. The second kappa shape index (κ2) is 6.72. The van der Waals surface area contributed by atoms with Crippen LogP contribution in [0.2, 0.25) is 0 Å². The van der Waals surface area contributed by atoms with E-state index >= 15 is 0 Å². The summed E-state index contributed by atoms with van der Waals surface area (Å²) >= 11 is 1.83. The van der Waals surface area contributed by atoms with Gasteiger partial charge in [0, 0.05) is 48.2 Å². The Balaban J connectivity index is 1.67. The van der Waals surface area contributed by atoms with Crippen LogP contribution >= 0.6 is 11.3 Å². The molecule has 3 rings (SSSR count). The Morgan fingerprint density at radius 2 is 2.26 bits per heavy atom. The maximum Gasteiger partial charge on any atom is 0.208 e. The molecule has 0 spiro atoms. The largest absolute Gasteiger partial charge is 0.329 e. The monoisotopic (exact) mass is 354 g/mol. The summed E-state index contributed by atoms with van der Waals surface area (Å²) < 4.78 is 27.2. The SMILES string of the molecule is Cc1ccc(CN2Cc3cncn3C(CCNS(C)(=O)=O)C2)s1.